The maximum atomic E-state index is 6.37. The first kappa shape index (κ1) is 14.4. The van der Waals surface area contributed by atoms with E-state index in [4.69, 9.17) is 21.7 Å². The van der Waals surface area contributed by atoms with Gasteiger partial charge in [-0.25, -0.2) is 0 Å². The number of para-hydroxylation sites is 1. The molecule has 0 amide bonds. The minimum Gasteiger partial charge on any atom is -0.493 e. The molecule has 2 bridgehead atoms. The van der Waals surface area contributed by atoms with Crippen molar-refractivity contribution in [3.8, 4) is 11.5 Å². The molecule has 2 heterocycles. The van der Waals surface area contributed by atoms with Crippen LogP contribution >= 0.6 is 12.2 Å². The number of hydrogen-bond donors (Lipinski definition) is 1. The Morgan fingerprint density at radius 3 is 2.95 bits per heavy atom. The van der Waals surface area contributed by atoms with E-state index in [1.165, 1.54) is 0 Å². The van der Waals surface area contributed by atoms with Crippen molar-refractivity contribution in [2.45, 2.75) is 39.0 Å². The van der Waals surface area contributed by atoms with Crippen LogP contribution in [0.15, 0.2) is 18.2 Å². The summed E-state index contributed by atoms with van der Waals surface area (Å²) in [4.78, 5) is 2.17. The number of nitrogens with zero attached hydrogens (tertiary/aromatic N) is 1. The SMILES string of the molecule is COc1cccc2c1OC1(C)CC2NC(=S)N1CC(C)C. The van der Waals surface area contributed by atoms with Gasteiger partial charge in [-0.1, -0.05) is 26.0 Å². The maximum absolute atomic E-state index is 6.37. The van der Waals surface area contributed by atoms with Gasteiger partial charge in [0.25, 0.3) is 0 Å². The summed E-state index contributed by atoms with van der Waals surface area (Å²) in [7, 11) is 1.68. The van der Waals surface area contributed by atoms with E-state index in [0.717, 1.165) is 35.1 Å². The lowest BCUT2D eigenvalue weighted by molar-refractivity contribution is -0.0735. The first-order valence-corrected chi connectivity index (χ1v) is 7.79. The summed E-state index contributed by atoms with van der Waals surface area (Å²) in [6.07, 6.45) is 0.875. The second-order valence-corrected chi connectivity index (χ2v) is 6.75. The third kappa shape index (κ3) is 2.33. The molecule has 2 atom stereocenters. The standard InChI is InChI=1S/C16H22N2O2S/c1-10(2)9-18-15(21)17-12-8-16(18,3)20-14-11(12)6-5-7-13(14)19-4/h5-7,10,12H,8-9H2,1-4H3,(H,17,21). The number of methoxy groups -OCH3 is 1. The maximum Gasteiger partial charge on any atom is 0.184 e. The van der Waals surface area contributed by atoms with Gasteiger partial charge in [0.15, 0.2) is 22.3 Å². The number of nitrogens with one attached hydrogen (secondary N) is 1. The van der Waals surface area contributed by atoms with E-state index in [1.54, 1.807) is 7.11 Å². The second-order valence-electron chi connectivity index (χ2n) is 6.37. The fraction of sp³-hybridized carbons (Fsp3) is 0.562. The highest BCUT2D eigenvalue weighted by atomic mass is 32.1. The molecule has 1 N–H and O–H groups in total. The monoisotopic (exact) mass is 306 g/mol. The summed E-state index contributed by atoms with van der Waals surface area (Å²) in [5, 5.41) is 4.23. The molecule has 114 valence electrons. The van der Waals surface area contributed by atoms with Crippen molar-refractivity contribution >= 4 is 17.3 Å². The summed E-state index contributed by atoms with van der Waals surface area (Å²) in [6, 6.07) is 6.20. The third-order valence-electron chi connectivity index (χ3n) is 4.17. The predicted molar refractivity (Wildman–Crippen MR) is 86.7 cm³/mol. The first-order chi connectivity index (χ1) is 9.94. The van der Waals surface area contributed by atoms with E-state index in [0.29, 0.717) is 5.92 Å². The molecule has 2 unspecified atom stereocenters. The molecule has 0 spiro atoms. The van der Waals surface area contributed by atoms with Gasteiger partial charge in [-0.3, -0.25) is 0 Å². The highest BCUT2D eigenvalue weighted by Crippen LogP contribution is 2.48. The van der Waals surface area contributed by atoms with E-state index in [2.05, 4.69) is 37.1 Å². The van der Waals surface area contributed by atoms with Crippen molar-refractivity contribution in [1.29, 1.82) is 0 Å². The van der Waals surface area contributed by atoms with Gasteiger partial charge in [0.1, 0.15) is 0 Å². The van der Waals surface area contributed by atoms with Crippen LogP contribution in [0.3, 0.4) is 0 Å². The fourth-order valence-electron chi connectivity index (χ4n) is 3.20. The van der Waals surface area contributed by atoms with E-state index in [1.807, 2.05) is 12.1 Å². The lowest BCUT2D eigenvalue weighted by Crippen LogP contribution is -2.65. The number of thiocarbonyl (C=S) groups is 1. The molecule has 0 saturated carbocycles. The zero-order valence-corrected chi connectivity index (χ0v) is 13.8. The van der Waals surface area contributed by atoms with Crippen molar-refractivity contribution in [3.05, 3.63) is 23.8 Å². The molecule has 5 heteroatoms. The van der Waals surface area contributed by atoms with Gasteiger partial charge in [-0.15, -0.1) is 0 Å². The van der Waals surface area contributed by atoms with Crippen LogP contribution in [0.5, 0.6) is 11.5 Å². The van der Waals surface area contributed by atoms with Crippen LogP contribution in [0.2, 0.25) is 0 Å². The third-order valence-corrected chi connectivity index (χ3v) is 4.51. The fourth-order valence-corrected chi connectivity index (χ4v) is 3.61. The van der Waals surface area contributed by atoms with Gasteiger partial charge < -0.3 is 19.7 Å². The van der Waals surface area contributed by atoms with Gasteiger partial charge in [0, 0.05) is 18.5 Å². The summed E-state index contributed by atoms with van der Waals surface area (Å²) in [5.41, 5.74) is 0.706. The Kier molecular flexibility index (Phi) is 3.48. The highest BCUT2D eigenvalue weighted by molar-refractivity contribution is 7.80. The van der Waals surface area contributed by atoms with Crippen LogP contribution in [0.4, 0.5) is 0 Å². The molecule has 1 aromatic rings. The van der Waals surface area contributed by atoms with Crippen molar-refractivity contribution in [3.63, 3.8) is 0 Å². The van der Waals surface area contributed by atoms with Gasteiger partial charge in [0.2, 0.25) is 0 Å². The lowest BCUT2D eigenvalue weighted by atomic mass is 9.90. The van der Waals surface area contributed by atoms with E-state index in [9.17, 15) is 0 Å². The van der Waals surface area contributed by atoms with E-state index < -0.39 is 5.72 Å². The topological polar surface area (TPSA) is 33.7 Å². The molecule has 2 aliphatic heterocycles. The van der Waals surface area contributed by atoms with Gasteiger partial charge in [-0.2, -0.15) is 0 Å². The number of benzene rings is 1. The molecular weight excluding hydrogens is 284 g/mol. The Balaban J connectivity index is 2.03. The quantitative estimate of drug-likeness (QED) is 0.868. The molecule has 1 aromatic carbocycles. The molecule has 0 aliphatic carbocycles. The number of rotatable bonds is 3. The smallest absolute Gasteiger partial charge is 0.184 e. The van der Waals surface area contributed by atoms with E-state index >= 15 is 0 Å². The van der Waals surface area contributed by atoms with Crippen LogP contribution < -0.4 is 14.8 Å². The lowest BCUT2D eigenvalue weighted by Gasteiger charge is -2.52. The Hall–Kier alpha value is -1.49. The summed E-state index contributed by atoms with van der Waals surface area (Å²) >= 11 is 5.57. The highest BCUT2D eigenvalue weighted by Gasteiger charge is 2.48. The van der Waals surface area contributed by atoms with Gasteiger partial charge in [0.05, 0.1) is 13.2 Å². The summed E-state index contributed by atoms with van der Waals surface area (Å²) < 4.78 is 11.8. The Bertz CT molecular complexity index is 575. The normalized spacial score (nSPS) is 27.0. The Labute approximate surface area is 131 Å². The Morgan fingerprint density at radius 1 is 1.52 bits per heavy atom. The number of fused-ring (bicyclic) bond motifs is 4. The minimum absolute atomic E-state index is 0.185. The van der Waals surface area contributed by atoms with Crippen molar-refractivity contribution in [1.82, 2.24) is 10.2 Å². The van der Waals surface area contributed by atoms with Gasteiger partial charge >= 0.3 is 0 Å². The zero-order valence-electron chi connectivity index (χ0n) is 13.0. The Morgan fingerprint density at radius 2 is 2.29 bits per heavy atom. The molecule has 3 rings (SSSR count). The van der Waals surface area contributed by atoms with Crippen molar-refractivity contribution < 1.29 is 9.47 Å². The molecule has 4 nitrogen and oxygen atoms in total. The molecular formula is C16H22N2O2S. The second kappa shape index (κ2) is 5.05. The average molecular weight is 306 g/mol. The molecule has 2 aliphatic rings. The minimum atomic E-state index is -0.418. The zero-order chi connectivity index (χ0) is 15.2. The largest absolute Gasteiger partial charge is 0.493 e. The molecule has 0 aromatic heterocycles. The summed E-state index contributed by atoms with van der Waals surface area (Å²) in [5.74, 6) is 2.13. The van der Waals surface area contributed by atoms with Crippen molar-refractivity contribution in [2.24, 2.45) is 5.92 Å². The van der Waals surface area contributed by atoms with E-state index in [-0.39, 0.29) is 6.04 Å². The van der Waals surface area contributed by atoms with Crippen LogP contribution in [-0.4, -0.2) is 29.4 Å². The van der Waals surface area contributed by atoms with Crippen LogP contribution in [0.25, 0.3) is 0 Å². The molecule has 1 saturated heterocycles. The van der Waals surface area contributed by atoms with Gasteiger partial charge in [-0.05, 0) is 31.1 Å². The van der Waals surface area contributed by atoms with Crippen LogP contribution in [-0.2, 0) is 0 Å². The predicted octanol–water partition coefficient (Wildman–Crippen LogP) is 3.08. The number of ether oxygens (including phenoxy) is 2. The first-order valence-electron chi connectivity index (χ1n) is 7.38. The molecule has 21 heavy (non-hydrogen) atoms. The summed E-state index contributed by atoms with van der Waals surface area (Å²) in [6.45, 7) is 7.37. The van der Waals surface area contributed by atoms with Crippen LogP contribution in [0, 0.1) is 5.92 Å². The van der Waals surface area contributed by atoms with Crippen molar-refractivity contribution in [2.75, 3.05) is 13.7 Å². The number of hydrogen-bond acceptors (Lipinski definition) is 3. The van der Waals surface area contributed by atoms with Crippen LogP contribution in [0.1, 0.15) is 38.8 Å². The average Bonchev–Trinajstić information content (AvgIpc) is 2.42. The molecule has 1 fully saturated rings. The molecule has 0 radical (unpaired) electrons.